The monoisotopic (exact) mass is 283 g/mol. The van der Waals surface area contributed by atoms with E-state index in [4.69, 9.17) is 4.74 Å². The van der Waals surface area contributed by atoms with Crippen LogP contribution < -0.4 is 10.1 Å². The SMILES string of the molecule is CC(C)(C)NC1COc2c(Br)cccc2C1. The van der Waals surface area contributed by atoms with Crippen LogP contribution in [0.2, 0.25) is 0 Å². The summed E-state index contributed by atoms with van der Waals surface area (Å²) in [4.78, 5) is 0. The molecule has 88 valence electrons. The molecule has 0 amide bonds. The van der Waals surface area contributed by atoms with Gasteiger partial charge in [0.15, 0.2) is 0 Å². The average Bonchev–Trinajstić information content (AvgIpc) is 2.15. The Morgan fingerprint density at radius 3 is 2.81 bits per heavy atom. The van der Waals surface area contributed by atoms with Crippen molar-refractivity contribution < 1.29 is 4.74 Å². The third-order valence-electron chi connectivity index (χ3n) is 2.58. The minimum absolute atomic E-state index is 0.136. The van der Waals surface area contributed by atoms with E-state index in [1.807, 2.05) is 6.07 Å². The van der Waals surface area contributed by atoms with E-state index >= 15 is 0 Å². The van der Waals surface area contributed by atoms with Gasteiger partial charge in [0.2, 0.25) is 0 Å². The molecular formula is C13H18BrNO. The predicted octanol–water partition coefficient (Wildman–Crippen LogP) is 3.14. The van der Waals surface area contributed by atoms with Crippen molar-refractivity contribution in [1.29, 1.82) is 0 Å². The second-order valence-corrected chi connectivity index (χ2v) is 6.19. The summed E-state index contributed by atoms with van der Waals surface area (Å²) in [7, 11) is 0. The lowest BCUT2D eigenvalue weighted by Gasteiger charge is -2.32. The predicted molar refractivity (Wildman–Crippen MR) is 70.0 cm³/mol. The highest BCUT2D eigenvalue weighted by molar-refractivity contribution is 9.10. The largest absolute Gasteiger partial charge is 0.490 e. The van der Waals surface area contributed by atoms with E-state index in [1.54, 1.807) is 0 Å². The number of para-hydroxylation sites is 1. The van der Waals surface area contributed by atoms with Crippen molar-refractivity contribution in [2.24, 2.45) is 0 Å². The van der Waals surface area contributed by atoms with Crippen LogP contribution in [0.1, 0.15) is 26.3 Å². The van der Waals surface area contributed by atoms with Crippen molar-refractivity contribution >= 4 is 15.9 Å². The fourth-order valence-corrected chi connectivity index (χ4v) is 2.61. The Bertz CT molecular complexity index is 384. The smallest absolute Gasteiger partial charge is 0.136 e. The number of benzene rings is 1. The first-order valence-electron chi connectivity index (χ1n) is 5.63. The van der Waals surface area contributed by atoms with E-state index in [2.05, 4.69) is 54.2 Å². The van der Waals surface area contributed by atoms with Crippen LogP contribution in [0.4, 0.5) is 0 Å². The van der Waals surface area contributed by atoms with Crippen molar-refractivity contribution in [3.63, 3.8) is 0 Å². The van der Waals surface area contributed by atoms with Crippen molar-refractivity contribution in [1.82, 2.24) is 5.32 Å². The zero-order chi connectivity index (χ0) is 11.8. The lowest BCUT2D eigenvalue weighted by Crippen LogP contribution is -2.48. The van der Waals surface area contributed by atoms with Crippen LogP contribution in [-0.4, -0.2) is 18.2 Å². The summed E-state index contributed by atoms with van der Waals surface area (Å²) in [6.07, 6.45) is 1.03. The molecule has 1 heterocycles. The number of halogens is 1. The summed E-state index contributed by atoms with van der Waals surface area (Å²) in [6.45, 7) is 7.29. The highest BCUT2D eigenvalue weighted by Gasteiger charge is 2.24. The maximum absolute atomic E-state index is 5.80. The van der Waals surface area contributed by atoms with E-state index in [1.165, 1.54) is 5.56 Å². The quantitative estimate of drug-likeness (QED) is 0.855. The molecule has 1 aromatic carbocycles. The molecule has 0 bridgehead atoms. The average molecular weight is 284 g/mol. The van der Waals surface area contributed by atoms with Gasteiger partial charge in [-0.15, -0.1) is 0 Å². The van der Waals surface area contributed by atoms with Crippen LogP contribution in [0.15, 0.2) is 22.7 Å². The summed E-state index contributed by atoms with van der Waals surface area (Å²) >= 11 is 3.52. The Labute approximate surface area is 106 Å². The molecule has 1 unspecified atom stereocenters. The van der Waals surface area contributed by atoms with Crippen LogP contribution in [0.3, 0.4) is 0 Å². The topological polar surface area (TPSA) is 21.3 Å². The number of hydrogen-bond donors (Lipinski definition) is 1. The Hall–Kier alpha value is -0.540. The third kappa shape index (κ3) is 2.77. The van der Waals surface area contributed by atoms with E-state index < -0.39 is 0 Å². The van der Waals surface area contributed by atoms with Crippen molar-refractivity contribution in [2.45, 2.75) is 38.8 Å². The molecule has 2 rings (SSSR count). The Morgan fingerprint density at radius 1 is 1.38 bits per heavy atom. The summed E-state index contributed by atoms with van der Waals surface area (Å²) in [5, 5.41) is 3.58. The van der Waals surface area contributed by atoms with Gasteiger partial charge in [-0.1, -0.05) is 12.1 Å². The van der Waals surface area contributed by atoms with Crippen molar-refractivity contribution in [3.05, 3.63) is 28.2 Å². The van der Waals surface area contributed by atoms with Gasteiger partial charge in [-0.3, -0.25) is 0 Å². The summed E-state index contributed by atoms with van der Waals surface area (Å²) in [5.41, 5.74) is 1.42. The van der Waals surface area contributed by atoms with Gasteiger partial charge in [-0.05, 0) is 54.8 Å². The maximum atomic E-state index is 5.80. The van der Waals surface area contributed by atoms with Crippen molar-refractivity contribution in [2.75, 3.05) is 6.61 Å². The van der Waals surface area contributed by atoms with Gasteiger partial charge in [0.25, 0.3) is 0 Å². The molecule has 0 saturated carbocycles. The lowest BCUT2D eigenvalue weighted by atomic mass is 9.99. The Balaban J connectivity index is 2.12. The van der Waals surface area contributed by atoms with Gasteiger partial charge < -0.3 is 10.1 Å². The Kier molecular flexibility index (Phi) is 3.27. The second-order valence-electron chi connectivity index (χ2n) is 5.33. The fraction of sp³-hybridized carbons (Fsp3) is 0.538. The molecule has 1 aromatic rings. The molecule has 1 aliphatic heterocycles. The lowest BCUT2D eigenvalue weighted by molar-refractivity contribution is 0.210. The summed E-state index contributed by atoms with van der Waals surface area (Å²) in [6, 6.07) is 6.63. The second kappa shape index (κ2) is 4.38. The highest BCUT2D eigenvalue weighted by Crippen LogP contribution is 2.32. The maximum Gasteiger partial charge on any atom is 0.136 e. The van der Waals surface area contributed by atoms with Crippen LogP contribution in [0.25, 0.3) is 0 Å². The molecule has 3 heteroatoms. The molecule has 1 N–H and O–H groups in total. The molecule has 16 heavy (non-hydrogen) atoms. The minimum Gasteiger partial charge on any atom is -0.490 e. The molecule has 0 aliphatic carbocycles. The molecule has 1 atom stereocenters. The first-order valence-corrected chi connectivity index (χ1v) is 6.43. The van der Waals surface area contributed by atoms with E-state index in [0.29, 0.717) is 6.04 Å². The zero-order valence-electron chi connectivity index (χ0n) is 10.0. The zero-order valence-corrected chi connectivity index (χ0v) is 11.6. The minimum atomic E-state index is 0.136. The highest BCUT2D eigenvalue weighted by atomic mass is 79.9. The number of rotatable bonds is 1. The number of nitrogens with one attached hydrogen (secondary N) is 1. The first-order chi connectivity index (χ1) is 7.46. The van der Waals surface area contributed by atoms with E-state index in [9.17, 15) is 0 Å². The van der Waals surface area contributed by atoms with E-state index in [-0.39, 0.29) is 5.54 Å². The van der Waals surface area contributed by atoms with Crippen molar-refractivity contribution in [3.8, 4) is 5.75 Å². The van der Waals surface area contributed by atoms with Crippen LogP contribution >= 0.6 is 15.9 Å². The third-order valence-corrected chi connectivity index (χ3v) is 3.21. The molecule has 0 radical (unpaired) electrons. The molecular weight excluding hydrogens is 266 g/mol. The van der Waals surface area contributed by atoms with Gasteiger partial charge in [0.1, 0.15) is 12.4 Å². The number of fused-ring (bicyclic) bond motifs is 1. The number of ether oxygens (including phenoxy) is 1. The van der Waals surface area contributed by atoms with Crippen LogP contribution in [0.5, 0.6) is 5.75 Å². The van der Waals surface area contributed by atoms with Gasteiger partial charge in [-0.25, -0.2) is 0 Å². The van der Waals surface area contributed by atoms with Crippen LogP contribution in [-0.2, 0) is 6.42 Å². The van der Waals surface area contributed by atoms with Gasteiger partial charge in [0, 0.05) is 11.6 Å². The molecule has 2 nitrogen and oxygen atoms in total. The van der Waals surface area contributed by atoms with Crippen LogP contribution in [0, 0.1) is 0 Å². The molecule has 0 spiro atoms. The summed E-state index contributed by atoms with van der Waals surface area (Å²) < 4.78 is 6.86. The van der Waals surface area contributed by atoms with Gasteiger partial charge in [-0.2, -0.15) is 0 Å². The normalized spacial score (nSPS) is 20.1. The molecule has 1 aliphatic rings. The summed E-state index contributed by atoms with van der Waals surface area (Å²) in [5.74, 6) is 1.01. The first kappa shape index (κ1) is 11.9. The Morgan fingerprint density at radius 2 is 2.12 bits per heavy atom. The van der Waals surface area contributed by atoms with E-state index in [0.717, 1.165) is 23.2 Å². The van der Waals surface area contributed by atoms with Gasteiger partial charge >= 0.3 is 0 Å². The fourth-order valence-electron chi connectivity index (χ4n) is 2.09. The standard InChI is InChI=1S/C13H18BrNO/c1-13(2,3)15-10-7-9-5-4-6-11(14)12(9)16-8-10/h4-6,10,15H,7-8H2,1-3H3. The molecule has 0 aromatic heterocycles. The molecule has 0 saturated heterocycles. The van der Waals surface area contributed by atoms with Gasteiger partial charge in [0.05, 0.1) is 4.47 Å². The number of hydrogen-bond acceptors (Lipinski definition) is 2. The molecule has 0 fully saturated rings.